The summed E-state index contributed by atoms with van der Waals surface area (Å²) in [5.74, 6) is 0.357. The Labute approximate surface area is 112 Å². The van der Waals surface area contributed by atoms with Gasteiger partial charge in [0.25, 0.3) is 0 Å². The highest BCUT2D eigenvalue weighted by Gasteiger charge is 2.09. The lowest BCUT2D eigenvalue weighted by atomic mass is 10.0. The van der Waals surface area contributed by atoms with Gasteiger partial charge in [-0.1, -0.05) is 13.3 Å². The number of hydrogen-bond acceptors (Lipinski definition) is 3. The molecule has 1 aromatic rings. The zero-order chi connectivity index (χ0) is 13.4. The van der Waals surface area contributed by atoms with Gasteiger partial charge in [-0.2, -0.15) is 0 Å². The molecule has 1 aromatic heterocycles. The Balaban J connectivity index is 2.30. The van der Waals surface area contributed by atoms with Crippen LogP contribution in [-0.4, -0.2) is 24.3 Å². The molecule has 5 heteroatoms. The van der Waals surface area contributed by atoms with Crippen LogP contribution >= 0.6 is 11.3 Å². The summed E-state index contributed by atoms with van der Waals surface area (Å²) < 4.78 is 0. The molecule has 3 N–H and O–H groups in total. The molecule has 18 heavy (non-hydrogen) atoms. The first-order valence-corrected chi connectivity index (χ1v) is 7.19. The van der Waals surface area contributed by atoms with E-state index in [4.69, 9.17) is 5.11 Å². The van der Waals surface area contributed by atoms with Gasteiger partial charge >= 0.3 is 6.03 Å². The second-order valence-corrected chi connectivity index (χ2v) is 5.70. The fraction of sp³-hybridized carbons (Fsp3) is 0.615. The molecule has 0 fully saturated rings. The van der Waals surface area contributed by atoms with Crippen molar-refractivity contribution in [3.05, 3.63) is 17.0 Å². The van der Waals surface area contributed by atoms with Gasteiger partial charge in [0, 0.05) is 18.0 Å². The zero-order valence-corrected chi connectivity index (χ0v) is 11.8. The largest absolute Gasteiger partial charge is 0.396 e. The van der Waals surface area contributed by atoms with Crippen LogP contribution in [0.2, 0.25) is 0 Å². The Morgan fingerprint density at radius 2 is 2.22 bits per heavy atom. The van der Waals surface area contributed by atoms with E-state index in [1.807, 2.05) is 19.1 Å². The van der Waals surface area contributed by atoms with Crippen LogP contribution in [0, 0.1) is 12.8 Å². The summed E-state index contributed by atoms with van der Waals surface area (Å²) in [6.07, 6.45) is 2.84. The maximum absolute atomic E-state index is 11.7. The number of hydrogen-bond donors (Lipinski definition) is 3. The summed E-state index contributed by atoms with van der Waals surface area (Å²) in [5.41, 5.74) is 0. The van der Waals surface area contributed by atoms with E-state index in [2.05, 4.69) is 17.6 Å². The Morgan fingerprint density at radius 3 is 2.78 bits per heavy atom. The third-order valence-electron chi connectivity index (χ3n) is 2.76. The molecular formula is C13H22N2O2S. The lowest BCUT2D eigenvalue weighted by molar-refractivity contribution is 0.237. The normalized spacial score (nSPS) is 12.2. The van der Waals surface area contributed by atoms with Crippen LogP contribution in [0.5, 0.6) is 0 Å². The summed E-state index contributed by atoms with van der Waals surface area (Å²) >= 11 is 1.56. The molecule has 0 saturated carbocycles. The van der Waals surface area contributed by atoms with Gasteiger partial charge in [-0.05, 0) is 37.8 Å². The average molecular weight is 270 g/mol. The standard InChI is InChI=1S/C13H22N2O2S/c1-3-4-11(7-8-16)9-14-13(17)15-12-6-5-10(2)18-12/h5-6,11,16H,3-4,7-9H2,1-2H3,(H2,14,15,17). The molecule has 0 aliphatic heterocycles. The fourth-order valence-electron chi connectivity index (χ4n) is 1.83. The van der Waals surface area contributed by atoms with Crippen molar-refractivity contribution in [2.75, 3.05) is 18.5 Å². The van der Waals surface area contributed by atoms with Gasteiger partial charge < -0.3 is 10.4 Å². The van der Waals surface area contributed by atoms with Gasteiger partial charge in [0.05, 0.1) is 5.00 Å². The highest BCUT2D eigenvalue weighted by atomic mass is 32.1. The van der Waals surface area contributed by atoms with E-state index in [1.54, 1.807) is 11.3 Å². The topological polar surface area (TPSA) is 61.4 Å². The first-order valence-electron chi connectivity index (χ1n) is 6.37. The Kier molecular flexibility index (Phi) is 6.75. The predicted octanol–water partition coefficient (Wildman–Crippen LogP) is 2.98. The van der Waals surface area contributed by atoms with Gasteiger partial charge in [0.2, 0.25) is 0 Å². The molecule has 1 unspecified atom stereocenters. The summed E-state index contributed by atoms with van der Waals surface area (Å²) in [6.45, 7) is 4.91. The SMILES string of the molecule is CCCC(CCO)CNC(=O)Nc1ccc(C)s1. The number of nitrogens with one attached hydrogen (secondary N) is 2. The van der Waals surface area contributed by atoms with Crippen LogP contribution in [0.1, 0.15) is 31.1 Å². The highest BCUT2D eigenvalue weighted by Crippen LogP contribution is 2.20. The summed E-state index contributed by atoms with van der Waals surface area (Å²) in [5, 5.41) is 15.5. The second-order valence-electron chi connectivity index (χ2n) is 4.41. The molecular weight excluding hydrogens is 248 g/mol. The first-order chi connectivity index (χ1) is 8.65. The molecule has 2 amide bonds. The van der Waals surface area contributed by atoms with Crippen molar-refractivity contribution in [3.63, 3.8) is 0 Å². The molecule has 1 heterocycles. The van der Waals surface area contributed by atoms with E-state index in [9.17, 15) is 4.79 Å². The molecule has 0 aliphatic rings. The quantitative estimate of drug-likeness (QED) is 0.713. The number of aliphatic hydroxyl groups excluding tert-OH is 1. The lowest BCUT2D eigenvalue weighted by Crippen LogP contribution is -2.33. The zero-order valence-electron chi connectivity index (χ0n) is 11.0. The fourth-order valence-corrected chi connectivity index (χ4v) is 2.60. The van der Waals surface area contributed by atoms with Crippen molar-refractivity contribution in [2.24, 2.45) is 5.92 Å². The van der Waals surface area contributed by atoms with Crippen LogP contribution < -0.4 is 10.6 Å². The molecule has 0 aliphatic carbocycles. The number of carbonyl (C=O) groups is 1. The van der Waals surface area contributed by atoms with Gasteiger partial charge in [-0.3, -0.25) is 5.32 Å². The van der Waals surface area contributed by atoms with Gasteiger partial charge in [0.1, 0.15) is 0 Å². The summed E-state index contributed by atoms with van der Waals surface area (Å²) in [7, 11) is 0. The number of rotatable bonds is 7. The van der Waals surface area contributed by atoms with Crippen molar-refractivity contribution < 1.29 is 9.90 Å². The van der Waals surface area contributed by atoms with Crippen LogP contribution in [-0.2, 0) is 0 Å². The molecule has 4 nitrogen and oxygen atoms in total. The number of aliphatic hydroxyl groups is 1. The van der Waals surface area contributed by atoms with Crippen molar-refractivity contribution in [2.45, 2.75) is 33.1 Å². The van der Waals surface area contributed by atoms with Crippen LogP contribution in [0.15, 0.2) is 12.1 Å². The van der Waals surface area contributed by atoms with Gasteiger partial charge in [0.15, 0.2) is 0 Å². The third-order valence-corrected chi connectivity index (χ3v) is 3.68. The Morgan fingerprint density at radius 1 is 1.44 bits per heavy atom. The van der Waals surface area contributed by atoms with E-state index in [0.717, 1.165) is 24.3 Å². The monoisotopic (exact) mass is 270 g/mol. The highest BCUT2D eigenvalue weighted by molar-refractivity contribution is 7.16. The molecule has 102 valence electrons. The number of thiophene rings is 1. The molecule has 0 bridgehead atoms. The molecule has 0 spiro atoms. The molecule has 1 rings (SSSR count). The van der Waals surface area contributed by atoms with Crippen LogP contribution in [0.4, 0.5) is 9.80 Å². The smallest absolute Gasteiger partial charge is 0.319 e. The number of carbonyl (C=O) groups excluding carboxylic acids is 1. The van der Waals surface area contributed by atoms with E-state index >= 15 is 0 Å². The maximum Gasteiger partial charge on any atom is 0.319 e. The van der Waals surface area contributed by atoms with Gasteiger partial charge in [-0.15, -0.1) is 11.3 Å². The van der Waals surface area contributed by atoms with E-state index in [-0.39, 0.29) is 12.6 Å². The van der Waals surface area contributed by atoms with E-state index < -0.39 is 0 Å². The van der Waals surface area contributed by atoms with Crippen molar-refractivity contribution in [1.29, 1.82) is 0 Å². The minimum absolute atomic E-state index is 0.170. The van der Waals surface area contributed by atoms with E-state index in [0.29, 0.717) is 12.5 Å². The Bertz CT molecular complexity index is 360. The third kappa shape index (κ3) is 5.51. The maximum atomic E-state index is 11.7. The average Bonchev–Trinajstić information content (AvgIpc) is 2.72. The summed E-state index contributed by atoms with van der Waals surface area (Å²) in [4.78, 5) is 12.8. The lowest BCUT2D eigenvalue weighted by Gasteiger charge is -2.15. The minimum atomic E-state index is -0.170. The first kappa shape index (κ1) is 15.0. The minimum Gasteiger partial charge on any atom is -0.396 e. The number of anilines is 1. The van der Waals surface area contributed by atoms with Crippen molar-refractivity contribution in [1.82, 2.24) is 5.32 Å². The number of urea groups is 1. The molecule has 0 radical (unpaired) electrons. The molecule has 1 atom stereocenters. The number of amides is 2. The van der Waals surface area contributed by atoms with Crippen molar-refractivity contribution in [3.8, 4) is 0 Å². The van der Waals surface area contributed by atoms with Crippen LogP contribution in [0.3, 0.4) is 0 Å². The van der Waals surface area contributed by atoms with E-state index in [1.165, 1.54) is 4.88 Å². The second kappa shape index (κ2) is 8.11. The van der Waals surface area contributed by atoms with Crippen molar-refractivity contribution >= 4 is 22.4 Å². The van der Waals surface area contributed by atoms with Crippen LogP contribution in [0.25, 0.3) is 0 Å². The van der Waals surface area contributed by atoms with Gasteiger partial charge in [-0.25, -0.2) is 4.79 Å². The predicted molar refractivity (Wildman–Crippen MR) is 76.2 cm³/mol. The summed E-state index contributed by atoms with van der Waals surface area (Å²) in [6, 6.07) is 3.71. The Hall–Kier alpha value is -1.07. The number of aryl methyl sites for hydroxylation is 1. The molecule has 0 aromatic carbocycles. The molecule has 0 saturated heterocycles.